The summed E-state index contributed by atoms with van der Waals surface area (Å²) in [7, 11) is 0. The molecule has 0 saturated carbocycles. The van der Waals surface area contributed by atoms with E-state index in [9.17, 15) is 14.7 Å². The smallest absolute Gasteiger partial charge is 0.337 e. The van der Waals surface area contributed by atoms with Crippen molar-refractivity contribution in [3.63, 3.8) is 0 Å². The molecule has 0 spiro atoms. The Morgan fingerprint density at radius 1 is 1.50 bits per heavy atom. The number of anilines is 1. The van der Waals surface area contributed by atoms with E-state index in [1.165, 1.54) is 0 Å². The number of carboxylic acids is 1. The van der Waals surface area contributed by atoms with Crippen molar-refractivity contribution in [2.45, 2.75) is 19.4 Å². The van der Waals surface area contributed by atoms with Crippen LogP contribution in [0.3, 0.4) is 0 Å². The van der Waals surface area contributed by atoms with Crippen molar-refractivity contribution in [1.29, 1.82) is 0 Å². The first kappa shape index (κ1) is 12.4. The predicted octanol–water partition coefficient (Wildman–Crippen LogP) is 1.10. The quantitative estimate of drug-likeness (QED) is 0.840. The maximum Gasteiger partial charge on any atom is 0.337 e. The van der Waals surface area contributed by atoms with E-state index in [1.54, 1.807) is 24.3 Å². The second-order valence-corrected chi connectivity index (χ2v) is 4.23. The third kappa shape index (κ3) is 2.16. The van der Waals surface area contributed by atoms with Gasteiger partial charge in [-0.25, -0.2) is 4.79 Å². The van der Waals surface area contributed by atoms with E-state index in [4.69, 9.17) is 0 Å². The van der Waals surface area contributed by atoms with Crippen molar-refractivity contribution >= 4 is 17.6 Å². The Bertz CT molecular complexity index is 473. The van der Waals surface area contributed by atoms with Crippen LogP contribution in [0.1, 0.15) is 23.7 Å². The first-order valence-corrected chi connectivity index (χ1v) is 6.01. The molecule has 0 bridgehead atoms. The van der Waals surface area contributed by atoms with Gasteiger partial charge in [-0.3, -0.25) is 4.79 Å². The summed E-state index contributed by atoms with van der Waals surface area (Å²) in [5, 5.41) is 12.0. The minimum absolute atomic E-state index is 0.0380. The van der Waals surface area contributed by atoms with Crippen LogP contribution in [0, 0.1) is 0 Å². The molecule has 1 amide bonds. The summed E-state index contributed by atoms with van der Waals surface area (Å²) >= 11 is 0. The van der Waals surface area contributed by atoms with Gasteiger partial charge in [0.2, 0.25) is 5.91 Å². The normalized spacial score (nSPS) is 19.5. The molecule has 5 heteroatoms. The lowest BCUT2D eigenvalue weighted by atomic mass is 10.1. The number of para-hydroxylation sites is 1. The van der Waals surface area contributed by atoms with Crippen LogP contribution in [-0.4, -0.2) is 36.1 Å². The highest BCUT2D eigenvalue weighted by Crippen LogP contribution is 2.24. The van der Waals surface area contributed by atoms with E-state index < -0.39 is 5.97 Å². The van der Waals surface area contributed by atoms with E-state index in [0.29, 0.717) is 25.2 Å². The van der Waals surface area contributed by atoms with Gasteiger partial charge in [-0.05, 0) is 18.6 Å². The van der Waals surface area contributed by atoms with Gasteiger partial charge in [0.05, 0.1) is 11.3 Å². The molecule has 1 aliphatic rings. The summed E-state index contributed by atoms with van der Waals surface area (Å²) in [4.78, 5) is 24.9. The fraction of sp³-hybridized carbons (Fsp3) is 0.385. The average Bonchev–Trinajstić information content (AvgIpc) is 2.38. The Kier molecular flexibility index (Phi) is 3.50. The van der Waals surface area contributed by atoms with Gasteiger partial charge in [0.25, 0.3) is 0 Å². The van der Waals surface area contributed by atoms with Gasteiger partial charge < -0.3 is 15.3 Å². The van der Waals surface area contributed by atoms with Crippen molar-refractivity contribution in [2.24, 2.45) is 0 Å². The molecule has 96 valence electrons. The zero-order valence-corrected chi connectivity index (χ0v) is 10.2. The highest BCUT2D eigenvalue weighted by molar-refractivity contribution is 5.96. The number of nitrogens with one attached hydrogen (secondary N) is 1. The van der Waals surface area contributed by atoms with Gasteiger partial charge in [-0.15, -0.1) is 0 Å². The van der Waals surface area contributed by atoms with Crippen molar-refractivity contribution in [1.82, 2.24) is 5.32 Å². The topological polar surface area (TPSA) is 69.6 Å². The molecule has 0 aromatic heterocycles. The molecule has 1 fully saturated rings. The van der Waals surface area contributed by atoms with Crippen LogP contribution in [-0.2, 0) is 4.79 Å². The minimum Gasteiger partial charge on any atom is -0.478 e. The standard InChI is InChI=1S/C13H16N2O3/c1-2-10-12(16)14-7-8-15(10)11-6-4-3-5-9(11)13(17)18/h3-6,10H,2,7-8H2,1H3,(H,14,16)(H,17,18). The van der Waals surface area contributed by atoms with Crippen LogP contribution in [0.2, 0.25) is 0 Å². The van der Waals surface area contributed by atoms with E-state index in [1.807, 2.05) is 11.8 Å². The first-order valence-electron chi connectivity index (χ1n) is 6.01. The molecular weight excluding hydrogens is 232 g/mol. The molecule has 1 heterocycles. The molecule has 1 atom stereocenters. The monoisotopic (exact) mass is 248 g/mol. The molecule has 1 unspecified atom stereocenters. The van der Waals surface area contributed by atoms with Crippen LogP contribution in [0.4, 0.5) is 5.69 Å². The second kappa shape index (κ2) is 5.08. The molecule has 1 aromatic rings. The number of amides is 1. The summed E-state index contributed by atoms with van der Waals surface area (Å²) in [5.74, 6) is -1.00. The molecule has 1 aromatic carbocycles. The lowest BCUT2D eigenvalue weighted by Gasteiger charge is -2.36. The molecule has 0 aliphatic carbocycles. The van der Waals surface area contributed by atoms with Gasteiger partial charge in [-0.1, -0.05) is 19.1 Å². The highest BCUT2D eigenvalue weighted by Gasteiger charge is 2.30. The first-order chi connectivity index (χ1) is 8.65. The summed E-state index contributed by atoms with van der Waals surface area (Å²) in [5.41, 5.74) is 0.859. The van der Waals surface area contributed by atoms with Crippen molar-refractivity contribution < 1.29 is 14.7 Å². The number of benzene rings is 1. The fourth-order valence-electron chi connectivity index (χ4n) is 2.31. The van der Waals surface area contributed by atoms with Crippen LogP contribution in [0.15, 0.2) is 24.3 Å². The number of piperazine rings is 1. The van der Waals surface area contributed by atoms with Gasteiger partial charge in [0.15, 0.2) is 0 Å². The molecule has 18 heavy (non-hydrogen) atoms. The number of aromatic carboxylic acids is 1. The Hall–Kier alpha value is -2.04. The van der Waals surface area contributed by atoms with Crippen molar-refractivity contribution in [2.75, 3.05) is 18.0 Å². The molecular formula is C13H16N2O3. The molecule has 0 radical (unpaired) electrons. The lowest BCUT2D eigenvalue weighted by Crippen LogP contribution is -2.55. The van der Waals surface area contributed by atoms with E-state index in [-0.39, 0.29) is 17.5 Å². The Labute approximate surface area is 105 Å². The van der Waals surface area contributed by atoms with Crippen molar-refractivity contribution in [3.05, 3.63) is 29.8 Å². The molecule has 1 saturated heterocycles. The number of carboxylic acid groups (broad SMARTS) is 1. The maximum absolute atomic E-state index is 11.8. The van der Waals surface area contributed by atoms with E-state index in [2.05, 4.69) is 5.32 Å². The minimum atomic E-state index is -0.966. The van der Waals surface area contributed by atoms with Gasteiger partial charge >= 0.3 is 5.97 Å². The average molecular weight is 248 g/mol. The van der Waals surface area contributed by atoms with Crippen LogP contribution in [0.25, 0.3) is 0 Å². The molecule has 2 rings (SSSR count). The number of hydrogen-bond acceptors (Lipinski definition) is 3. The summed E-state index contributed by atoms with van der Waals surface area (Å²) in [6.45, 7) is 3.10. The van der Waals surface area contributed by atoms with Crippen molar-refractivity contribution in [3.8, 4) is 0 Å². The number of rotatable bonds is 3. The van der Waals surface area contributed by atoms with E-state index >= 15 is 0 Å². The number of hydrogen-bond donors (Lipinski definition) is 2. The van der Waals surface area contributed by atoms with Gasteiger partial charge in [-0.2, -0.15) is 0 Å². The third-order valence-electron chi connectivity index (χ3n) is 3.16. The predicted molar refractivity (Wildman–Crippen MR) is 67.8 cm³/mol. The molecule has 2 N–H and O–H groups in total. The summed E-state index contributed by atoms with van der Waals surface area (Å²) in [6, 6.07) is 6.51. The summed E-state index contributed by atoms with van der Waals surface area (Å²) in [6.07, 6.45) is 0.653. The Balaban J connectivity index is 2.40. The largest absolute Gasteiger partial charge is 0.478 e. The molecule has 5 nitrogen and oxygen atoms in total. The second-order valence-electron chi connectivity index (χ2n) is 4.23. The lowest BCUT2D eigenvalue weighted by molar-refractivity contribution is -0.123. The number of carbonyl (C=O) groups excluding carboxylic acids is 1. The van der Waals surface area contributed by atoms with Gasteiger partial charge in [0.1, 0.15) is 6.04 Å². The number of carbonyl (C=O) groups is 2. The number of nitrogens with zero attached hydrogens (tertiary/aromatic N) is 1. The Morgan fingerprint density at radius 3 is 2.89 bits per heavy atom. The highest BCUT2D eigenvalue weighted by atomic mass is 16.4. The fourth-order valence-corrected chi connectivity index (χ4v) is 2.31. The summed E-state index contributed by atoms with van der Waals surface area (Å²) < 4.78 is 0. The maximum atomic E-state index is 11.8. The van der Waals surface area contributed by atoms with Crippen LogP contribution in [0.5, 0.6) is 0 Å². The third-order valence-corrected chi connectivity index (χ3v) is 3.16. The molecule has 1 aliphatic heterocycles. The zero-order valence-electron chi connectivity index (χ0n) is 10.2. The zero-order chi connectivity index (χ0) is 13.1. The Morgan fingerprint density at radius 2 is 2.22 bits per heavy atom. The SMILES string of the molecule is CCC1C(=O)NCCN1c1ccccc1C(=O)O. The van der Waals surface area contributed by atoms with Gasteiger partial charge in [0, 0.05) is 13.1 Å². The van der Waals surface area contributed by atoms with Crippen LogP contribution >= 0.6 is 0 Å². The van der Waals surface area contributed by atoms with Crippen LogP contribution < -0.4 is 10.2 Å². The van der Waals surface area contributed by atoms with E-state index in [0.717, 1.165) is 0 Å².